The molecule has 2 atom stereocenters. The minimum Gasteiger partial charge on any atom is -0.299 e. The van der Waals surface area contributed by atoms with Gasteiger partial charge in [0, 0.05) is 23.2 Å². The molecule has 3 rings (SSSR count). The Kier molecular flexibility index (Phi) is 3.93. The lowest BCUT2D eigenvalue weighted by Crippen LogP contribution is -2.35. The Labute approximate surface area is 131 Å². The predicted molar refractivity (Wildman–Crippen MR) is 81.7 cm³/mol. The van der Waals surface area contributed by atoms with Crippen molar-refractivity contribution in [2.24, 2.45) is 11.8 Å². The summed E-state index contributed by atoms with van der Waals surface area (Å²) in [6.45, 7) is 0. The first-order valence-corrected chi connectivity index (χ1v) is 8.02. The van der Waals surface area contributed by atoms with E-state index in [1.54, 1.807) is 24.3 Å². The summed E-state index contributed by atoms with van der Waals surface area (Å²) in [4.78, 5) is 38.1. The standard InChI is InChI=1S/C16H16BrNO3/c17-10-5-7-11(8-6-10)18-15(20)9-13(16(18)21)12-3-1-2-4-14(12)19/h5-8,12-13H,1-4,9H2/t12?,13-/m1/s1. The molecule has 0 bridgehead atoms. The van der Waals surface area contributed by atoms with Gasteiger partial charge in [-0.1, -0.05) is 22.4 Å². The smallest absolute Gasteiger partial charge is 0.238 e. The maximum absolute atomic E-state index is 12.6. The second kappa shape index (κ2) is 5.72. The van der Waals surface area contributed by atoms with Crippen LogP contribution in [0.3, 0.4) is 0 Å². The van der Waals surface area contributed by atoms with Crippen molar-refractivity contribution in [2.45, 2.75) is 32.1 Å². The number of hydrogen-bond donors (Lipinski definition) is 0. The largest absolute Gasteiger partial charge is 0.299 e. The number of halogens is 1. The van der Waals surface area contributed by atoms with E-state index in [4.69, 9.17) is 0 Å². The summed E-state index contributed by atoms with van der Waals surface area (Å²) in [6, 6.07) is 7.08. The molecule has 1 aliphatic carbocycles. The van der Waals surface area contributed by atoms with Crippen molar-refractivity contribution in [3.05, 3.63) is 28.7 Å². The Hall–Kier alpha value is -1.49. The Morgan fingerprint density at radius 3 is 2.38 bits per heavy atom. The Morgan fingerprint density at radius 2 is 1.71 bits per heavy atom. The average Bonchev–Trinajstić information content (AvgIpc) is 2.76. The topological polar surface area (TPSA) is 54.5 Å². The maximum Gasteiger partial charge on any atom is 0.238 e. The third-order valence-electron chi connectivity index (χ3n) is 4.35. The van der Waals surface area contributed by atoms with Gasteiger partial charge < -0.3 is 0 Å². The van der Waals surface area contributed by atoms with Gasteiger partial charge in [-0.05, 0) is 37.1 Å². The van der Waals surface area contributed by atoms with Crippen molar-refractivity contribution in [1.29, 1.82) is 0 Å². The number of rotatable bonds is 2. The molecule has 2 aliphatic rings. The molecule has 0 radical (unpaired) electrons. The molecule has 2 fully saturated rings. The summed E-state index contributed by atoms with van der Waals surface area (Å²) >= 11 is 3.33. The Morgan fingerprint density at radius 1 is 1.00 bits per heavy atom. The molecular formula is C16H16BrNO3. The fourth-order valence-electron chi connectivity index (χ4n) is 3.27. The first-order valence-electron chi connectivity index (χ1n) is 7.23. The number of ketones is 1. The van der Waals surface area contributed by atoms with Crippen LogP contribution in [0.4, 0.5) is 5.69 Å². The second-order valence-electron chi connectivity index (χ2n) is 5.67. The van der Waals surface area contributed by atoms with Gasteiger partial charge in [0.2, 0.25) is 11.8 Å². The summed E-state index contributed by atoms with van der Waals surface area (Å²) in [5, 5.41) is 0. The SMILES string of the molecule is O=C1CCCCC1[C@H]1CC(=O)N(c2ccc(Br)cc2)C1=O. The molecule has 4 nitrogen and oxygen atoms in total. The van der Waals surface area contributed by atoms with Crippen LogP contribution >= 0.6 is 15.9 Å². The molecule has 1 saturated carbocycles. The molecule has 0 aromatic heterocycles. The number of nitrogens with zero attached hydrogens (tertiary/aromatic N) is 1. The van der Waals surface area contributed by atoms with Gasteiger partial charge in [0.1, 0.15) is 5.78 Å². The van der Waals surface area contributed by atoms with Crippen LogP contribution < -0.4 is 4.90 Å². The molecule has 5 heteroatoms. The third kappa shape index (κ3) is 2.67. The van der Waals surface area contributed by atoms with Gasteiger partial charge in [-0.15, -0.1) is 0 Å². The molecule has 0 spiro atoms. The zero-order valence-corrected chi connectivity index (χ0v) is 13.1. The van der Waals surface area contributed by atoms with Crippen molar-refractivity contribution >= 4 is 39.2 Å². The van der Waals surface area contributed by atoms with E-state index < -0.39 is 5.92 Å². The number of amides is 2. The quantitative estimate of drug-likeness (QED) is 0.771. The van der Waals surface area contributed by atoms with Crippen molar-refractivity contribution in [1.82, 2.24) is 0 Å². The minimum atomic E-state index is -0.464. The average molecular weight is 350 g/mol. The molecule has 1 heterocycles. The minimum absolute atomic E-state index is 0.144. The van der Waals surface area contributed by atoms with Gasteiger partial charge in [0.25, 0.3) is 0 Å². The highest BCUT2D eigenvalue weighted by Crippen LogP contribution is 2.36. The fourth-order valence-corrected chi connectivity index (χ4v) is 3.53. The highest BCUT2D eigenvalue weighted by Gasteiger charge is 2.46. The zero-order chi connectivity index (χ0) is 15.0. The fraction of sp³-hybridized carbons (Fsp3) is 0.438. The summed E-state index contributed by atoms with van der Waals surface area (Å²) in [6.07, 6.45) is 3.30. The maximum atomic E-state index is 12.6. The van der Waals surface area contributed by atoms with E-state index in [1.165, 1.54) is 4.90 Å². The first kappa shape index (κ1) is 14.4. The van der Waals surface area contributed by atoms with Gasteiger partial charge in [0.05, 0.1) is 11.6 Å². The first-order chi connectivity index (χ1) is 10.1. The van der Waals surface area contributed by atoms with Gasteiger partial charge in [-0.3, -0.25) is 19.3 Å². The lowest BCUT2D eigenvalue weighted by molar-refractivity contribution is -0.132. The Bertz CT molecular complexity index is 596. The van der Waals surface area contributed by atoms with Crippen molar-refractivity contribution in [2.75, 3.05) is 4.90 Å². The van der Waals surface area contributed by atoms with E-state index in [2.05, 4.69) is 15.9 Å². The molecule has 1 aliphatic heterocycles. The van der Waals surface area contributed by atoms with E-state index in [-0.39, 0.29) is 29.9 Å². The highest BCUT2D eigenvalue weighted by molar-refractivity contribution is 9.10. The van der Waals surface area contributed by atoms with Crippen LogP contribution in [-0.4, -0.2) is 17.6 Å². The summed E-state index contributed by atoms with van der Waals surface area (Å²) in [5.41, 5.74) is 0.582. The zero-order valence-electron chi connectivity index (χ0n) is 11.5. The third-order valence-corrected chi connectivity index (χ3v) is 4.88. The van der Waals surface area contributed by atoms with Crippen LogP contribution in [0.5, 0.6) is 0 Å². The van der Waals surface area contributed by atoms with Crippen molar-refractivity contribution < 1.29 is 14.4 Å². The number of carbonyl (C=O) groups excluding carboxylic acids is 3. The Balaban J connectivity index is 1.85. The van der Waals surface area contributed by atoms with E-state index in [0.717, 1.165) is 23.7 Å². The molecule has 1 saturated heterocycles. The molecular weight excluding hydrogens is 334 g/mol. The van der Waals surface area contributed by atoms with Crippen LogP contribution in [-0.2, 0) is 14.4 Å². The van der Waals surface area contributed by atoms with Crippen LogP contribution in [0, 0.1) is 11.8 Å². The van der Waals surface area contributed by atoms with E-state index in [1.807, 2.05) is 0 Å². The molecule has 2 amide bonds. The van der Waals surface area contributed by atoms with E-state index >= 15 is 0 Å². The van der Waals surface area contributed by atoms with Crippen LogP contribution in [0.2, 0.25) is 0 Å². The molecule has 21 heavy (non-hydrogen) atoms. The van der Waals surface area contributed by atoms with Gasteiger partial charge in [-0.25, -0.2) is 0 Å². The summed E-state index contributed by atoms with van der Waals surface area (Å²) < 4.78 is 0.893. The van der Waals surface area contributed by atoms with Crippen LogP contribution in [0.1, 0.15) is 32.1 Å². The highest BCUT2D eigenvalue weighted by atomic mass is 79.9. The summed E-state index contributed by atoms with van der Waals surface area (Å²) in [7, 11) is 0. The van der Waals surface area contributed by atoms with Gasteiger partial charge >= 0.3 is 0 Å². The van der Waals surface area contributed by atoms with Crippen LogP contribution in [0.15, 0.2) is 28.7 Å². The van der Waals surface area contributed by atoms with Crippen molar-refractivity contribution in [3.63, 3.8) is 0 Å². The lowest BCUT2D eigenvalue weighted by Gasteiger charge is -2.24. The normalized spacial score (nSPS) is 26.5. The van der Waals surface area contributed by atoms with Crippen LogP contribution in [0.25, 0.3) is 0 Å². The molecule has 110 valence electrons. The summed E-state index contributed by atoms with van der Waals surface area (Å²) in [5.74, 6) is -1.01. The molecule has 0 N–H and O–H groups in total. The number of Topliss-reactive ketones (excluding diaryl/α,β-unsaturated/α-hetero) is 1. The number of imide groups is 1. The monoisotopic (exact) mass is 349 g/mol. The molecule has 1 aromatic rings. The number of anilines is 1. The van der Waals surface area contributed by atoms with E-state index in [9.17, 15) is 14.4 Å². The van der Waals surface area contributed by atoms with Gasteiger partial charge in [0.15, 0.2) is 0 Å². The van der Waals surface area contributed by atoms with E-state index in [0.29, 0.717) is 12.1 Å². The predicted octanol–water partition coefficient (Wildman–Crippen LogP) is 3.09. The molecule has 1 unspecified atom stereocenters. The number of hydrogen-bond acceptors (Lipinski definition) is 3. The van der Waals surface area contributed by atoms with Gasteiger partial charge in [-0.2, -0.15) is 0 Å². The lowest BCUT2D eigenvalue weighted by atomic mass is 9.78. The number of carbonyl (C=O) groups is 3. The van der Waals surface area contributed by atoms with Crippen molar-refractivity contribution in [3.8, 4) is 0 Å². The molecule has 1 aromatic carbocycles. The second-order valence-corrected chi connectivity index (χ2v) is 6.59. The number of benzene rings is 1.